The molecule has 0 aliphatic carbocycles. The van der Waals surface area contributed by atoms with Crippen LogP contribution in [0.2, 0.25) is 0 Å². The molecule has 0 saturated heterocycles. The number of rotatable bonds is 3. The highest BCUT2D eigenvalue weighted by Crippen LogP contribution is 2.34. The molecule has 0 bridgehead atoms. The maximum absolute atomic E-state index is 5.61. The summed E-state index contributed by atoms with van der Waals surface area (Å²) < 4.78 is 2.38. The second kappa shape index (κ2) is 5.24. The monoisotopic (exact) mass is 414 g/mol. The molecule has 0 fully saturated rings. The van der Waals surface area contributed by atoms with Crippen LogP contribution in [0.15, 0.2) is 27.4 Å². The van der Waals surface area contributed by atoms with Crippen LogP contribution in [0.3, 0.4) is 0 Å². The Kier molecular flexibility index (Phi) is 4.19. The molecule has 2 aromatic heterocycles. The molecule has 1 atom stereocenters. The second-order valence-electron chi connectivity index (χ2n) is 2.92. The molecule has 0 spiro atoms. The van der Waals surface area contributed by atoms with Crippen molar-refractivity contribution in [1.82, 2.24) is 5.43 Å². The Morgan fingerprint density at radius 1 is 1.47 bits per heavy atom. The third kappa shape index (κ3) is 2.62. The molecular weight excluding hydrogens is 407 g/mol. The summed E-state index contributed by atoms with van der Waals surface area (Å²) in [5.74, 6) is 5.61. The van der Waals surface area contributed by atoms with E-state index >= 15 is 0 Å². The van der Waals surface area contributed by atoms with Gasteiger partial charge in [0.25, 0.3) is 0 Å². The summed E-state index contributed by atoms with van der Waals surface area (Å²) in [6.07, 6.45) is 0. The third-order valence-electron chi connectivity index (χ3n) is 1.99. The summed E-state index contributed by atoms with van der Waals surface area (Å²) in [7, 11) is 0. The van der Waals surface area contributed by atoms with Crippen LogP contribution in [0.5, 0.6) is 0 Å². The highest BCUT2D eigenvalue weighted by molar-refractivity contribution is 14.1. The first-order valence-corrected chi connectivity index (χ1v) is 7.78. The number of hydrogen-bond acceptors (Lipinski definition) is 4. The summed E-state index contributed by atoms with van der Waals surface area (Å²) in [6.45, 7) is 0. The summed E-state index contributed by atoms with van der Waals surface area (Å²) in [4.78, 5) is 1.21. The van der Waals surface area contributed by atoms with Crippen molar-refractivity contribution in [2.24, 2.45) is 5.84 Å². The van der Waals surface area contributed by atoms with Gasteiger partial charge in [-0.1, -0.05) is 0 Å². The molecule has 6 heteroatoms. The lowest BCUT2D eigenvalue weighted by Gasteiger charge is -2.13. The molecule has 0 aliphatic rings. The third-order valence-corrected chi connectivity index (χ3v) is 5.74. The molecule has 0 aromatic carbocycles. The normalized spacial score (nSPS) is 13.0. The van der Waals surface area contributed by atoms with Crippen LogP contribution in [0.25, 0.3) is 0 Å². The minimum atomic E-state index is 0.0825. The van der Waals surface area contributed by atoms with E-state index in [0.29, 0.717) is 0 Å². The minimum Gasteiger partial charge on any atom is -0.271 e. The van der Waals surface area contributed by atoms with Crippen molar-refractivity contribution in [3.05, 3.63) is 40.7 Å². The second-order valence-corrected chi connectivity index (χ2v) is 7.52. The Morgan fingerprint density at radius 2 is 2.27 bits per heavy atom. The highest BCUT2D eigenvalue weighted by Gasteiger charge is 2.17. The van der Waals surface area contributed by atoms with Crippen LogP contribution in [0.1, 0.15) is 16.5 Å². The molecule has 2 nitrogen and oxygen atoms in total. The van der Waals surface area contributed by atoms with E-state index < -0.39 is 0 Å². The standard InChI is InChI=1S/C9H8BrIN2S2/c10-6-1-2-14-9(6)8(13-12)5-3-7(11)15-4-5/h1-4,8,13H,12H2. The van der Waals surface area contributed by atoms with Crippen molar-refractivity contribution in [2.75, 3.05) is 0 Å². The number of halogens is 2. The average Bonchev–Trinajstić information content (AvgIpc) is 2.79. The van der Waals surface area contributed by atoms with Crippen molar-refractivity contribution >= 4 is 61.2 Å². The zero-order valence-electron chi connectivity index (χ0n) is 7.54. The van der Waals surface area contributed by atoms with E-state index in [1.54, 1.807) is 22.7 Å². The van der Waals surface area contributed by atoms with Gasteiger partial charge in [0.15, 0.2) is 0 Å². The van der Waals surface area contributed by atoms with Crippen LogP contribution >= 0.6 is 61.2 Å². The van der Waals surface area contributed by atoms with Crippen molar-refractivity contribution in [1.29, 1.82) is 0 Å². The van der Waals surface area contributed by atoms with Gasteiger partial charge in [-0.2, -0.15) is 0 Å². The molecule has 0 radical (unpaired) electrons. The Bertz CT molecular complexity index is 454. The maximum Gasteiger partial charge on any atom is 0.0822 e. The van der Waals surface area contributed by atoms with E-state index in [1.165, 1.54) is 13.3 Å². The van der Waals surface area contributed by atoms with Crippen molar-refractivity contribution in [3.63, 3.8) is 0 Å². The lowest BCUT2D eigenvalue weighted by atomic mass is 10.1. The number of hydrazine groups is 1. The first kappa shape index (κ1) is 12.0. The van der Waals surface area contributed by atoms with Gasteiger partial charge in [-0.15, -0.1) is 22.7 Å². The Balaban J connectivity index is 2.36. The van der Waals surface area contributed by atoms with E-state index in [2.05, 4.69) is 60.8 Å². The summed E-state index contributed by atoms with van der Waals surface area (Å²) in [5.41, 5.74) is 4.08. The van der Waals surface area contributed by atoms with Gasteiger partial charge in [-0.05, 0) is 67.0 Å². The van der Waals surface area contributed by atoms with Crippen molar-refractivity contribution in [3.8, 4) is 0 Å². The van der Waals surface area contributed by atoms with E-state index in [0.717, 1.165) is 4.47 Å². The Hall–Kier alpha value is 0.530. The van der Waals surface area contributed by atoms with Gasteiger partial charge in [0.1, 0.15) is 0 Å². The summed E-state index contributed by atoms with van der Waals surface area (Å²) in [5, 5.41) is 4.19. The van der Waals surface area contributed by atoms with Crippen LogP contribution in [0, 0.1) is 2.88 Å². The Labute approximate surface area is 118 Å². The molecule has 2 heterocycles. The molecule has 80 valence electrons. The number of nitrogens with one attached hydrogen (secondary N) is 1. The first-order valence-electron chi connectivity index (χ1n) is 4.15. The predicted molar refractivity (Wildman–Crippen MR) is 78.2 cm³/mol. The van der Waals surface area contributed by atoms with E-state index in [4.69, 9.17) is 5.84 Å². The predicted octanol–water partition coefficient (Wildman–Crippen LogP) is 3.73. The lowest BCUT2D eigenvalue weighted by molar-refractivity contribution is 0.646. The molecule has 15 heavy (non-hydrogen) atoms. The maximum atomic E-state index is 5.61. The molecule has 0 saturated carbocycles. The topological polar surface area (TPSA) is 38.0 Å². The van der Waals surface area contributed by atoms with Crippen LogP contribution in [-0.4, -0.2) is 0 Å². The molecule has 0 aliphatic heterocycles. The fourth-order valence-corrected chi connectivity index (χ4v) is 4.40. The van der Waals surface area contributed by atoms with E-state index in [1.807, 2.05) is 6.07 Å². The Morgan fingerprint density at radius 3 is 2.73 bits per heavy atom. The SMILES string of the molecule is NNC(c1csc(I)c1)c1sccc1Br. The average molecular weight is 415 g/mol. The summed E-state index contributed by atoms with van der Waals surface area (Å²) >= 11 is 9.28. The highest BCUT2D eigenvalue weighted by atomic mass is 127. The summed E-state index contributed by atoms with van der Waals surface area (Å²) in [6, 6.07) is 4.28. The van der Waals surface area contributed by atoms with Crippen molar-refractivity contribution < 1.29 is 0 Å². The largest absolute Gasteiger partial charge is 0.271 e. The molecular formula is C9H8BrIN2S2. The minimum absolute atomic E-state index is 0.0825. The molecule has 0 amide bonds. The molecule has 2 aromatic rings. The fourth-order valence-electron chi connectivity index (χ4n) is 1.31. The van der Waals surface area contributed by atoms with Crippen molar-refractivity contribution in [2.45, 2.75) is 6.04 Å². The molecule has 3 N–H and O–H groups in total. The molecule has 2 rings (SSSR count). The van der Waals surface area contributed by atoms with Gasteiger partial charge in [-0.3, -0.25) is 5.84 Å². The van der Waals surface area contributed by atoms with Gasteiger partial charge in [0.2, 0.25) is 0 Å². The smallest absolute Gasteiger partial charge is 0.0822 e. The van der Waals surface area contributed by atoms with Crippen LogP contribution in [-0.2, 0) is 0 Å². The van der Waals surface area contributed by atoms with E-state index in [9.17, 15) is 0 Å². The zero-order chi connectivity index (χ0) is 10.8. The van der Waals surface area contributed by atoms with E-state index in [-0.39, 0.29) is 6.04 Å². The van der Waals surface area contributed by atoms with Crippen LogP contribution < -0.4 is 11.3 Å². The number of hydrogen-bond donors (Lipinski definition) is 2. The van der Waals surface area contributed by atoms with Crippen LogP contribution in [0.4, 0.5) is 0 Å². The van der Waals surface area contributed by atoms with Gasteiger partial charge in [0, 0.05) is 9.35 Å². The first-order chi connectivity index (χ1) is 7.22. The number of nitrogens with two attached hydrogens (primary N) is 1. The molecule has 1 unspecified atom stereocenters. The van der Waals surface area contributed by atoms with Gasteiger partial charge in [0.05, 0.1) is 8.93 Å². The quantitative estimate of drug-likeness (QED) is 0.456. The van der Waals surface area contributed by atoms with Gasteiger partial charge in [-0.25, -0.2) is 5.43 Å². The number of thiophene rings is 2. The van der Waals surface area contributed by atoms with Gasteiger partial charge >= 0.3 is 0 Å². The fraction of sp³-hybridized carbons (Fsp3) is 0.111. The lowest BCUT2D eigenvalue weighted by Crippen LogP contribution is -2.28. The zero-order valence-corrected chi connectivity index (χ0v) is 12.9. The van der Waals surface area contributed by atoms with Gasteiger partial charge < -0.3 is 0 Å².